The molecule has 1 spiro atoms. The van der Waals surface area contributed by atoms with E-state index in [1.54, 1.807) is 17.7 Å². The predicted octanol–water partition coefficient (Wildman–Crippen LogP) is 5.66. The topological polar surface area (TPSA) is 50.8 Å². The van der Waals surface area contributed by atoms with Gasteiger partial charge in [-0.2, -0.15) is 0 Å². The summed E-state index contributed by atoms with van der Waals surface area (Å²) < 4.78 is 20.3. The number of unbranched alkanes of at least 4 members (excludes halogenated alkanes) is 2. The van der Waals surface area contributed by atoms with E-state index >= 15 is 0 Å². The molecule has 4 atom stereocenters. The summed E-state index contributed by atoms with van der Waals surface area (Å²) in [6, 6.07) is 7.74. The zero-order chi connectivity index (χ0) is 22.1. The molecule has 172 valence electrons. The fraction of sp³-hybridized carbons (Fsp3) is 0.593. The fourth-order valence-corrected chi connectivity index (χ4v) is 6.00. The molecule has 2 aliphatic carbocycles. The Morgan fingerprint density at radius 1 is 1.25 bits per heavy atom. The second kappa shape index (κ2) is 9.01. The molecular weight excluding hydrogens is 401 g/mol. The highest BCUT2D eigenvalue weighted by molar-refractivity contribution is 5.78. The number of hydrogen-bond acceptors (Lipinski definition) is 4. The molecule has 0 radical (unpaired) electrons. The van der Waals surface area contributed by atoms with Crippen LogP contribution in [0.3, 0.4) is 0 Å². The Morgan fingerprint density at radius 3 is 2.84 bits per heavy atom. The molecule has 1 aromatic carbocycles. The van der Waals surface area contributed by atoms with Gasteiger partial charge in [-0.15, -0.1) is 0 Å². The van der Waals surface area contributed by atoms with Crippen molar-refractivity contribution in [3.63, 3.8) is 0 Å². The molecule has 0 aromatic heterocycles. The lowest BCUT2D eigenvalue weighted by Crippen LogP contribution is -2.49. The maximum Gasteiger partial charge on any atom is 0.288 e. The first-order valence-corrected chi connectivity index (χ1v) is 12.5. The number of nitrogens with zero attached hydrogens (tertiary/aromatic N) is 2. The molecule has 1 fully saturated rings. The summed E-state index contributed by atoms with van der Waals surface area (Å²) in [5.74, 6) is 0.436. The third-order valence-electron chi connectivity index (χ3n) is 7.90. The summed E-state index contributed by atoms with van der Waals surface area (Å²) in [7, 11) is 0. The first kappa shape index (κ1) is 21.7. The second-order valence-corrected chi connectivity index (χ2v) is 10.0. The minimum Gasteiger partial charge on any atom is -0.455 e. The highest BCUT2D eigenvalue weighted by Gasteiger charge is 2.49. The van der Waals surface area contributed by atoms with Gasteiger partial charge in [0.25, 0.3) is 6.02 Å². The number of halogens is 1. The molecule has 0 bridgehead atoms. The highest BCUT2D eigenvalue weighted by Crippen LogP contribution is 2.44. The number of allylic oxidation sites excluding steroid dienone is 1. The van der Waals surface area contributed by atoms with E-state index in [1.807, 2.05) is 12.1 Å². The van der Waals surface area contributed by atoms with Gasteiger partial charge in [0.05, 0.1) is 12.6 Å². The minimum atomic E-state index is -0.329. The van der Waals surface area contributed by atoms with Crippen molar-refractivity contribution in [3.05, 3.63) is 58.9 Å². The summed E-state index contributed by atoms with van der Waals surface area (Å²) >= 11 is 0. The molecule has 32 heavy (non-hydrogen) atoms. The van der Waals surface area contributed by atoms with Crippen molar-refractivity contribution in [1.82, 2.24) is 4.90 Å². The zero-order valence-corrected chi connectivity index (χ0v) is 19.2. The van der Waals surface area contributed by atoms with Gasteiger partial charge in [0, 0.05) is 12.6 Å². The Kier molecular flexibility index (Phi) is 6.11. The van der Waals surface area contributed by atoms with Crippen LogP contribution in [0, 0.1) is 11.7 Å². The third-order valence-corrected chi connectivity index (χ3v) is 7.90. The standard InChI is InChI=1S/C27H36FN3O/c1-2-3-4-6-19-8-13-23-21(17-19)14-16-31(25(23)20-9-11-22(28)12-10-20)26-30-18-27(32-26)15-5-7-24(27)29/h8-13,19,24-25H,2-7,14-18,29H2,1H3/t19?,24-,25+,27-/m1/s1. The molecule has 5 rings (SSSR count). The van der Waals surface area contributed by atoms with Crippen molar-refractivity contribution >= 4 is 6.02 Å². The van der Waals surface area contributed by atoms with Crippen molar-refractivity contribution in [1.29, 1.82) is 0 Å². The van der Waals surface area contributed by atoms with Gasteiger partial charge >= 0.3 is 0 Å². The number of rotatable bonds is 5. The number of amidine groups is 1. The number of aliphatic imine (C=N–C) groups is 1. The Morgan fingerprint density at radius 2 is 2.09 bits per heavy atom. The van der Waals surface area contributed by atoms with Crippen LogP contribution in [0.15, 0.2) is 52.6 Å². The summed E-state index contributed by atoms with van der Waals surface area (Å²) in [4.78, 5) is 7.16. The summed E-state index contributed by atoms with van der Waals surface area (Å²) in [5.41, 5.74) is 10.1. The molecule has 0 amide bonds. The van der Waals surface area contributed by atoms with Crippen LogP contribution in [-0.4, -0.2) is 35.7 Å². The van der Waals surface area contributed by atoms with E-state index < -0.39 is 0 Å². The molecule has 2 heterocycles. The summed E-state index contributed by atoms with van der Waals surface area (Å²) in [5, 5.41) is 0. The Hall–Kier alpha value is -2.14. The molecule has 0 saturated heterocycles. The first-order chi connectivity index (χ1) is 15.6. The van der Waals surface area contributed by atoms with Crippen molar-refractivity contribution in [3.8, 4) is 0 Å². The largest absolute Gasteiger partial charge is 0.455 e. The lowest BCUT2D eigenvalue weighted by atomic mass is 9.79. The lowest BCUT2D eigenvalue weighted by Gasteiger charge is -2.42. The normalized spacial score (nSPS) is 31.8. The monoisotopic (exact) mass is 437 g/mol. The quantitative estimate of drug-likeness (QED) is 0.605. The van der Waals surface area contributed by atoms with Crippen LogP contribution in [0.2, 0.25) is 0 Å². The minimum absolute atomic E-state index is 0.0127. The van der Waals surface area contributed by atoms with Crippen LogP contribution in [0.5, 0.6) is 0 Å². The average Bonchev–Trinajstić information content (AvgIpc) is 3.40. The molecular formula is C27H36FN3O. The van der Waals surface area contributed by atoms with Gasteiger partial charge in [-0.1, -0.05) is 56.0 Å². The Bertz CT molecular complexity index is 921. The summed E-state index contributed by atoms with van der Waals surface area (Å²) in [6.07, 6.45) is 15.1. The number of benzene rings is 1. The van der Waals surface area contributed by atoms with E-state index in [0.29, 0.717) is 12.5 Å². The molecule has 2 N–H and O–H groups in total. The highest BCUT2D eigenvalue weighted by atomic mass is 19.1. The molecule has 1 saturated carbocycles. The van der Waals surface area contributed by atoms with Crippen molar-refractivity contribution in [2.45, 2.75) is 82.4 Å². The average molecular weight is 438 g/mol. The van der Waals surface area contributed by atoms with Gasteiger partial charge in [0.1, 0.15) is 11.4 Å². The van der Waals surface area contributed by atoms with Gasteiger partial charge in [0.15, 0.2) is 0 Å². The predicted molar refractivity (Wildman–Crippen MR) is 127 cm³/mol. The van der Waals surface area contributed by atoms with E-state index in [9.17, 15) is 4.39 Å². The smallest absolute Gasteiger partial charge is 0.288 e. The van der Waals surface area contributed by atoms with Crippen LogP contribution < -0.4 is 5.73 Å². The molecule has 5 heteroatoms. The van der Waals surface area contributed by atoms with Crippen molar-refractivity contribution in [2.24, 2.45) is 16.6 Å². The lowest BCUT2D eigenvalue weighted by molar-refractivity contribution is 0.0549. The van der Waals surface area contributed by atoms with E-state index in [1.165, 1.54) is 31.3 Å². The maximum absolute atomic E-state index is 13.7. The molecule has 4 aliphatic rings. The van der Waals surface area contributed by atoms with Crippen molar-refractivity contribution in [2.75, 3.05) is 13.1 Å². The Balaban J connectivity index is 1.42. The molecule has 4 nitrogen and oxygen atoms in total. The van der Waals surface area contributed by atoms with Gasteiger partial charge in [0.2, 0.25) is 0 Å². The van der Waals surface area contributed by atoms with Crippen molar-refractivity contribution < 1.29 is 9.13 Å². The van der Waals surface area contributed by atoms with E-state index in [4.69, 9.17) is 15.5 Å². The SMILES string of the molecule is CCCCCC1C=CC2=C(CCN(C3=NC[C@@]4(CCC[C@H]4N)O3)[C@H]2c2ccc(F)cc2)C1. The molecule has 1 aromatic rings. The maximum atomic E-state index is 13.7. The van der Waals surface area contributed by atoms with E-state index in [-0.39, 0.29) is 23.5 Å². The molecule has 2 aliphatic heterocycles. The van der Waals surface area contributed by atoms with Crippen LogP contribution in [0.4, 0.5) is 4.39 Å². The first-order valence-electron chi connectivity index (χ1n) is 12.5. The summed E-state index contributed by atoms with van der Waals surface area (Å²) in [6.45, 7) is 3.79. The number of nitrogens with two attached hydrogens (primary N) is 1. The number of ether oxygens (including phenoxy) is 1. The van der Waals surface area contributed by atoms with Crippen LogP contribution >= 0.6 is 0 Å². The van der Waals surface area contributed by atoms with Gasteiger partial charge < -0.3 is 15.4 Å². The van der Waals surface area contributed by atoms with Gasteiger partial charge in [-0.3, -0.25) is 0 Å². The number of hydrogen-bond donors (Lipinski definition) is 1. The molecule has 1 unspecified atom stereocenters. The Labute approximate surface area is 191 Å². The second-order valence-electron chi connectivity index (χ2n) is 10.0. The van der Waals surface area contributed by atoms with Crippen LogP contribution in [0.1, 0.15) is 76.3 Å². The fourth-order valence-electron chi connectivity index (χ4n) is 6.00. The van der Waals surface area contributed by atoms with E-state index in [0.717, 1.165) is 50.2 Å². The van der Waals surface area contributed by atoms with Gasteiger partial charge in [-0.25, -0.2) is 9.38 Å². The van der Waals surface area contributed by atoms with E-state index in [2.05, 4.69) is 24.0 Å². The third kappa shape index (κ3) is 4.00. The van der Waals surface area contributed by atoms with Gasteiger partial charge in [-0.05, 0) is 67.7 Å². The zero-order valence-electron chi connectivity index (χ0n) is 19.2. The van der Waals surface area contributed by atoms with Crippen LogP contribution in [-0.2, 0) is 4.74 Å². The van der Waals surface area contributed by atoms with Crippen LogP contribution in [0.25, 0.3) is 0 Å².